The Morgan fingerprint density at radius 2 is 1.71 bits per heavy atom. The number of aromatic nitrogens is 2. The Morgan fingerprint density at radius 3 is 2.48 bits per heavy atom. The molecular formula is C17H18N2O2. The first-order valence-electron chi connectivity index (χ1n) is 7.16. The maximum absolute atomic E-state index is 5.66. The van der Waals surface area contributed by atoms with Gasteiger partial charge in [-0.3, -0.25) is 0 Å². The van der Waals surface area contributed by atoms with Crippen molar-refractivity contribution in [3.05, 3.63) is 42.5 Å². The standard InChI is InChI=1S/C17H18N2O2/c1-3-20-15-10-9-12(11-16(15)21-4-2)17-18-13-7-5-6-8-14(13)19-17/h5-11H,3-4H2,1-2H3,(H,18,19). The molecule has 21 heavy (non-hydrogen) atoms. The average Bonchev–Trinajstić information content (AvgIpc) is 2.93. The van der Waals surface area contributed by atoms with E-state index in [1.165, 1.54) is 0 Å². The third kappa shape index (κ3) is 2.70. The second-order valence-corrected chi connectivity index (χ2v) is 4.63. The molecule has 0 aliphatic carbocycles. The number of fused-ring (bicyclic) bond motifs is 1. The average molecular weight is 282 g/mol. The summed E-state index contributed by atoms with van der Waals surface area (Å²) in [5.74, 6) is 2.34. The maximum atomic E-state index is 5.66. The summed E-state index contributed by atoms with van der Waals surface area (Å²) in [4.78, 5) is 7.93. The van der Waals surface area contributed by atoms with Crippen molar-refractivity contribution in [1.29, 1.82) is 0 Å². The van der Waals surface area contributed by atoms with Gasteiger partial charge in [0.2, 0.25) is 0 Å². The molecule has 1 heterocycles. The summed E-state index contributed by atoms with van der Waals surface area (Å²) in [5.41, 5.74) is 2.97. The molecule has 0 saturated carbocycles. The highest BCUT2D eigenvalue weighted by atomic mass is 16.5. The van der Waals surface area contributed by atoms with E-state index < -0.39 is 0 Å². The molecular weight excluding hydrogens is 264 g/mol. The van der Waals surface area contributed by atoms with E-state index in [1.807, 2.05) is 56.3 Å². The van der Waals surface area contributed by atoms with Crippen molar-refractivity contribution >= 4 is 11.0 Å². The summed E-state index contributed by atoms with van der Waals surface area (Å²) < 4.78 is 11.2. The zero-order chi connectivity index (χ0) is 14.7. The van der Waals surface area contributed by atoms with Crippen LogP contribution in [0.4, 0.5) is 0 Å². The van der Waals surface area contributed by atoms with Gasteiger partial charge < -0.3 is 14.5 Å². The molecule has 0 bridgehead atoms. The van der Waals surface area contributed by atoms with Crippen LogP contribution in [0, 0.1) is 0 Å². The van der Waals surface area contributed by atoms with E-state index in [2.05, 4.69) is 9.97 Å². The van der Waals surface area contributed by atoms with Gasteiger partial charge in [0.1, 0.15) is 5.82 Å². The molecule has 2 aromatic carbocycles. The highest BCUT2D eigenvalue weighted by Crippen LogP contribution is 2.32. The lowest BCUT2D eigenvalue weighted by molar-refractivity contribution is 0.288. The van der Waals surface area contributed by atoms with Crippen LogP contribution in [-0.2, 0) is 0 Å². The smallest absolute Gasteiger partial charge is 0.161 e. The zero-order valence-corrected chi connectivity index (χ0v) is 12.2. The Bertz CT molecular complexity index is 716. The van der Waals surface area contributed by atoms with Crippen molar-refractivity contribution in [3.63, 3.8) is 0 Å². The third-order valence-corrected chi connectivity index (χ3v) is 3.21. The van der Waals surface area contributed by atoms with Crippen molar-refractivity contribution in [2.24, 2.45) is 0 Å². The Hall–Kier alpha value is -2.49. The van der Waals surface area contributed by atoms with Gasteiger partial charge in [-0.15, -0.1) is 0 Å². The molecule has 0 radical (unpaired) electrons. The molecule has 0 spiro atoms. The number of H-pyrrole nitrogens is 1. The monoisotopic (exact) mass is 282 g/mol. The van der Waals surface area contributed by atoms with Crippen LogP contribution < -0.4 is 9.47 Å². The lowest BCUT2D eigenvalue weighted by atomic mass is 10.2. The van der Waals surface area contributed by atoms with Crippen LogP contribution in [0.2, 0.25) is 0 Å². The van der Waals surface area contributed by atoms with E-state index in [0.717, 1.165) is 33.9 Å². The topological polar surface area (TPSA) is 47.1 Å². The molecule has 0 aliphatic heterocycles. The Kier molecular flexibility index (Phi) is 3.77. The predicted molar refractivity (Wildman–Crippen MR) is 83.9 cm³/mol. The van der Waals surface area contributed by atoms with E-state index in [9.17, 15) is 0 Å². The lowest BCUT2D eigenvalue weighted by Crippen LogP contribution is -1.98. The van der Waals surface area contributed by atoms with Crippen LogP contribution in [0.15, 0.2) is 42.5 Å². The molecule has 108 valence electrons. The highest BCUT2D eigenvalue weighted by Gasteiger charge is 2.10. The number of imidazole rings is 1. The van der Waals surface area contributed by atoms with Crippen LogP contribution in [0.3, 0.4) is 0 Å². The molecule has 4 heteroatoms. The van der Waals surface area contributed by atoms with Crippen molar-refractivity contribution in [3.8, 4) is 22.9 Å². The minimum Gasteiger partial charge on any atom is -0.490 e. The molecule has 4 nitrogen and oxygen atoms in total. The SMILES string of the molecule is CCOc1ccc(-c2nc3ccccc3[nH]2)cc1OCC. The molecule has 0 fully saturated rings. The quantitative estimate of drug-likeness (QED) is 0.768. The van der Waals surface area contributed by atoms with Gasteiger partial charge in [0.05, 0.1) is 24.2 Å². The van der Waals surface area contributed by atoms with Gasteiger partial charge in [-0.25, -0.2) is 4.98 Å². The van der Waals surface area contributed by atoms with Gasteiger partial charge >= 0.3 is 0 Å². The molecule has 0 saturated heterocycles. The van der Waals surface area contributed by atoms with Crippen LogP contribution in [0.1, 0.15) is 13.8 Å². The van der Waals surface area contributed by atoms with Gasteiger partial charge in [-0.2, -0.15) is 0 Å². The largest absolute Gasteiger partial charge is 0.490 e. The molecule has 3 rings (SSSR count). The van der Waals surface area contributed by atoms with Gasteiger partial charge in [-0.1, -0.05) is 12.1 Å². The molecule has 0 aliphatic rings. The fourth-order valence-corrected chi connectivity index (χ4v) is 2.29. The molecule has 0 amide bonds. The van der Waals surface area contributed by atoms with Crippen LogP contribution in [-0.4, -0.2) is 23.2 Å². The van der Waals surface area contributed by atoms with E-state index in [-0.39, 0.29) is 0 Å². The number of aromatic amines is 1. The van der Waals surface area contributed by atoms with E-state index in [0.29, 0.717) is 13.2 Å². The third-order valence-electron chi connectivity index (χ3n) is 3.21. The summed E-state index contributed by atoms with van der Waals surface area (Å²) in [6.45, 7) is 5.14. The second kappa shape index (κ2) is 5.87. The number of rotatable bonds is 5. The fraction of sp³-hybridized carbons (Fsp3) is 0.235. The first-order valence-corrected chi connectivity index (χ1v) is 7.16. The van der Waals surface area contributed by atoms with E-state index in [4.69, 9.17) is 9.47 Å². The summed E-state index contributed by atoms with van der Waals surface area (Å²) >= 11 is 0. The Balaban J connectivity index is 2.03. The van der Waals surface area contributed by atoms with Crippen molar-refractivity contribution in [2.45, 2.75) is 13.8 Å². The van der Waals surface area contributed by atoms with Gasteiger partial charge in [0.15, 0.2) is 11.5 Å². The van der Waals surface area contributed by atoms with Gasteiger partial charge in [0.25, 0.3) is 0 Å². The highest BCUT2D eigenvalue weighted by molar-refractivity contribution is 5.79. The molecule has 3 aromatic rings. The Morgan fingerprint density at radius 1 is 0.952 bits per heavy atom. The van der Waals surface area contributed by atoms with Crippen LogP contribution in [0.25, 0.3) is 22.4 Å². The number of nitrogens with one attached hydrogen (secondary N) is 1. The van der Waals surface area contributed by atoms with Gasteiger partial charge in [0, 0.05) is 5.56 Å². The molecule has 1 aromatic heterocycles. The minimum absolute atomic E-state index is 0.601. The summed E-state index contributed by atoms with van der Waals surface area (Å²) in [6, 6.07) is 13.9. The van der Waals surface area contributed by atoms with E-state index >= 15 is 0 Å². The number of hydrogen-bond acceptors (Lipinski definition) is 3. The summed E-state index contributed by atoms with van der Waals surface area (Å²) in [5, 5.41) is 0. The number of para-hydroxylation sites is 2. The first kappa shape index (κ1) is 13.5. The van der Waals surface area contributed by atoms with Crippen LogP contribution >= 0.6 is 0 Å². The molecule has 0 atom stereocenters. The Labute approximate surface area is 123 Å². The summed E-state index contributed by atoms with van der Waals surface area (Å²) in [7, 11) is 0. The number of hydrogen-bond donors (Lipinski definition) is 1. The second-order valence-electron chi connectivity index (χ2n) is 4.63. The number of ether oxygens (including phenoxy) is 2. The van der Waals surface area contributed by atoms with Crippen molar-refractivity contribution in [2.75, 3.05) is 13.2 Å². The molecule has 1 N–H and O–H groups in total. The first-order chi connectivity index (χ1) is 10.3. The predicted octanol–water partition coefficient (Wildman–Crippen LogP) is 4.03. The van der Waals surface area contributed by atoms with Crippen molar-refractivity contribution in [1.82, 2.24) is 9.97 Å². The minimum atomic E-state index is 0.601. The number of benzene rings is 2. The van der Waals surface area contributed by atoms with Crippen LogP contribution in [0.5, 0.6) is 11.5 Å². The van der Waals surface area contributed by atoms with Crippen molar-refractivity contribution < 1.29 is 9.47 Å². The maximum Gasteiger partial charge on any atom is 0.161 e. The molecule has 0 unspecified atom stereocenters. The zero-order valence-electron chi connectivity index (χ0n) is 12.2. The van der Waals surface area contributed by atoms with E-state index in [1.54, 1.807) is 0 Å². The summed E-state index contributed by atoms with van der Waals surface area (Å²) in [6.07, 6.45) is 0. The normalized spacial score (nSPS) is 10.8. The van der Waals surface area contributed by atoms with Gasteiger partial charge in [-0.05, 0) is 44.2 Å². The fourth-order valence-electron chi connectivity index (χ4n) is 2.29. The number of nitrogens with zero attached hydrogens (tertiary/aromatic N) is 1. The lowest BCUT2D eigenvalue weighted by Gasteiger charge is -2.11.